The van der Waals surface area contributed by atoms with Crippen LogP contribution >= 0.6 is 0 Å². The number of hydrogen-bond acceptors (Lipinski definition) is 2. The molecule has 1 rings (SSSR count). The average Bonchev–Trinajstić information content (AvgIpc) is 2.26. The number of nitrogens with one attached hydrogen (secondary N) is 1. The molecule has 0 aromatic heterocycles. The predicted molar refractivity (Wildman–Crippen MR) is 68.0 cm³/mol. The second-order valence-corrected chi connectivity index (χ2v) is 6.15. The van der Waals surface area contributed by atoms with E-state index in [0.717, 1.165) is 13.0 Å². The lowest BCUT2D eigenvalue weighted by molar-refractivity contribution is 0.205. The van der Waals surface area contributed by atoms with E-state index in [9.17, 15) is 0 Å². The quantitative estimate of drug-likeness (QED) is 0.792. The summed E-state index contributed by atoms with van der Waals surface area (Å²) in [5.41, 5.74) is 0.317. The van der Waals surface area contributed by atoms with Gasteiger partial charge >= 0.3 is 0 Å². The summed E-state index contributed by atoms with van der Waals surface area (Å²) in [6.07, 6.45) is 4.75. The number of rotatable bonds is 4. The van der Waals surface area contributed by atoms with E-state index in [1.54, 1.807) is 0 Å². The molecule has 2 heteroatoms. The summed E-state index contributed by atoms with van der Waals surface area (Å²) in [7, 11) is 0. The minimum Gasteiger partial charge on any atom is -0.312 e. The van der Waals surface area contributed by atoms with Crippen LogP contribution in [-0.4, -0.2) is 12.6 Å². The fourth-order valence-corrected chi connectivity index (χ4v) is 2.13. The summed E-state index contributed by atoms with van der Waals surface area (Å²) in [4.78, 5) is 0. The van der Waals surface area contributed by atoms with Gasteiger partial charge in [0.2, 0.25) is 0 Å². The van der Waals surface area contributed by atoms with Crippen LogP contribution in [0, 0.1) is 28.6 Å². The largest absolute Gasteiger partial charge is 0.312 e. The standard InChI is InChI=1S/C14H26N2/c1-11(2)14(3,4)10-16-13-8-6-5-7-12(13)9-15/h11-13,16H,5-8,10H2,1-4H3. The molecule has 0 bridgehead atoms. The Morgan fingerprint density at radius 2 is 1.94 bits per heavy atom. The Morgan fingerprint density at radius 3 is 2.50 bits per heavy atom. The molecule has 0 aromatic carbocycles. The van der Waals surface area contributed by atoms with E-state index in [1.165, 1.54) is 19.3 Å². The van der Waals surface area contributed by atoms with E-state index in [4.69, 9.17) is 5.26 Å². The molecule has 0 saturated heterocycles. The Balaban J connectivity index is 2.44. The maximum absolute atomic E-state index is 9.11. The van der Waals surface area contributed by atoms with Crippen molar-refractivity contribution < 1.29 is 0 Å². The Kier molecular flexibility index (Phi) is 4.80. The predicted octanol–water partition coefficient (Wildman–Crippen LogP) is 3.34. The molecule has 16 heavy (non-hydrogen) atoms. The van der Waals surface area contributed by atoms with Gasteiger partial charge in [0, 0.05) is 12.6 Å². The SMILES string of the molecule is CC(C)C(C)(C)CNC1CCCCC1C#N. The second-order valence-electron chi connectivity index (χ2n) is 6.15. The van der Waals surface area contributed by atoms with Gasteiger partial charge in [-0.2, -0.15) is 5.26 Å². The van der Waals surface area contributed by atoms with E-state index in [1.807, 2.05) is 0 Å². The van der Waals surface area contributed by atoms with E-state index in [2.05, 4.69) is 39.1 Å². The zero-order valence-electron chi connectivity index (χ0n) is 11.2. The first-order chi connectivity index (χ1) is 7.47. The molecule has 1 fully saturated rings. The van der Waals surface area contributed by atoms with Gasteiger partial charge < -0.3 is 5.32 Å². The molecular weight excluding hydrogens is 196 g/mol. The van der Waals surface area contributed by atoms with Crippen LogP contribution < -0.4 is 5.32 Å². The van der Waals surface area contributed by atoms with Crippen LogP contribution in [0.2, 0.25) is 0 Å². The molecule has 0 radical (unpaired) electrons. The van der Waals surface area contributed by atoms with Crippen LogP contribution in [0.1, 0.15) is 53.4 Å². The maximum Gasteiger partial charge on any atom is 0.0672 e. The van der Waals surface area contributed by atoms with Crippen molar-refractivity contribution in [2.75, 3.05) is 6.54 Å². The summed E-state index contributed by atoms with van der Waals surface area (Å²) < 4.78 is 0. The summed E-state index contributed by atoms with van der Waals surface area (Å²) in [5, 5.41) is 12.7. The van der Waals surface area contributed by atoms with Crippen LogP contribution in [0.5, 0.6) is 0 Å². The minimum absolute atomic E-state index is 0.233. The molecule has 0 aliphatic heterocycles. The van der Waals surface area contributed by atoms with Gasteiger partial charge in [0.15, 0.2) is 0 Å². The highest BCUT2D eigenvalue weighted by atomic mass is 14.9. The van der Waals surface area contributed by atoms with E-state index < -0.39 is 0 Å². The Labute approximate surface area is 100 Å². The average molecular weight is 222 g/mol. The number of hydrogen-bond donors (Lipinski definition) is 1. The second kappa shape index (κ2) is 5.68. The van der Waals surface area contributed by atoms with Gasteiger partial charge in [-0.3, -0.25) is 0 Å². The highest BCUT2D eigenvalue weighted by Gasteiger charge is 2.28. The van der Waals surface area contributed by atoms with Crippen molar-refractivity contribution in [3.05, 3.63) is 0 Å². The highest BCUT2D eigenvalue weighted by Crippen LogP contribution is 2.28. The molecule has 2 unspecified atom stereocenters. The molecule has 2 nitrogen and oxygen atoms in total. The molecule has 1 saturated carbocycles. The van der Waals surface area contributed by atoms with Crippen molar-refractivity contribution in [2.45, 2.75) is 59.4 Å². The van der Waals surface area contributed by atoms with Gasteiger partial charge in [-0.05, 0) is 24.2 Å². The van der Waals surface area contributed by atoms with Crippen LogP contribution in [0.25, 0.3) is 0 Å². The van der Waals surface area contributed by atoms with Gasteiger partial charge in [-0.15, -0.1) is 0 Å². The lowest BCUT2D eigenvalue weighted by atomic mass is 9.79. The first-order valence-corrected chi connectivity index (χ1v) is 6.60. The summed E-state index contributed by atoms with van der Waals surface area (Å²) in [6.45, 7) is 10.2. The van der Waals surface area contributed by atoms with E-state index in [0.29, 0.717) is 17.4 Å². The first-order valence-electron chi connectivity index (χ1n) is 6.60. The fourth-order valence-electron chi connectivity index (χ4n) is 2.13. The normalized spacial score (nSPS) is 26.8. The monoisotopic (exact) mass is 222 g/mol. The van der Waals surface area contributed by atoms with Crippen molar-refractivity contribution in [1.82, 2.24) is 5.32 Å². The number of nitrogens with zero attached hydrogens (tertiary/aromatic N) is 1. The fraction of sp³-hybridized carbons (Fsp3) is 0.929. The zero-order chi connectivity index (χ0) is 12.2. The van der Waals surface area contributed by atoms with Gasteiger partial charge in [0.05, 0.1) is 12.0 Å². The van der Waals surface area contributed by atoms with Crippen molar-refractivity contribution in [2.24, 2.45) is 17.3 Å². The topological polar surface area (TPSA) is 35.8 Å². The van der Waals surface area contributed by atoms with Crippen LogP contribution in [-0.2, 0) is 0 Å². The summed E-state index contributed by atoms with van der Waals surface area (Å²) >= 11 is 0. The lowest BCUT2D eigenvalue weighted by Crippen LogP contribution is -2.44. The third kappa shape index (κ3) is 3.49. The molecule has 1 aliphatic carbocycles. The van der Waals surface area contributed by atoms with Crippen LogP contribution in [0.15, 0.2) is 0 Å². The Hall–Kier alpha value is -0.550. The molecule has 0 amide bonds. The lowest BCUT2D eigenvalue weighted by Gasteiger charge is -2.34. The molecule has 0 spiro atoms. The molecule has 92 valence electrons. The molecule has 0 heterocycles. The third-order valence-electron chi connectivity index (χ3n) is 4.31. The Bertz CT molecular complexity index is 250. The van der Waals surface area contributed by atoms with Gasteiger partial charge in [-0.1, -0.05) is 40.5 Å². The van der Waals surface area contributed by atoms with E-state index >= 15 is 0 Å². The summed E-state index contributed by atoms with van der Waals surface area (Å²) in [6, 6.07) is 2.88. The molecule has 1 aliphatic rings. The molecule has 0 aromatic rings. The van der Waals surface area contributed by atoms with E-state index in [-0.39, 0.29) is 5.92 Å². The molecule has 1 N–H and O–H groups in total. The first kappa shape index (κ1) is 13.5. The highest BCUT2D eigenvalue weighted by molar-refractivity contribution is 4.95. The third-order valence-corrected chi connectivity index (χ3v) is 4.31. The zero-order valence-corrected chi connectivity index (χ0v) is 11.2. The van der Waals surface area contributed by atoms with Crippen molar-refractivity contribution in [3.63, 3.8) is 0 Å². The Morgan fingerprint density at radius 1 is 1.31 bits per heavy atom. The summed E-state index contributed by atoms with van der Waals surface area (Å²) in [5.74, 6) is 0.904. The molecule has 2 atom stereocenters. The van der Waals surface area contributed by atoms with Crippen LogP contribution in [0.4, 0.5) is 0 Å². The maximum atomic E-state index is 9.11. The van der Waals surface area contributed by atoms with Crippen molar-refractivity contribution in [3.8, 4) is 6.07 Å². The van der Waals surface area contributed by atoms with Gasteiger partial charge in [-0.25, -0.2) is 0 Å². The smallest absolute Gasteiger partial charge is 0.0672 e. The minimum atomic E-state index is 0.233. The van der Waals surface area contributed by atoms with Gasteiger partial charge in [0.1, 0.15) is 0 Å². The van der Waals surface area contributed by atoms with Gasteiger partial charge in [0.25, 0.3) is 0 Å². The van der Waals surface area contributed by atoms with Crippen molar-refractivity contribution >= 4 is 0 Å². The van der Waals surface area contributed by atoms with Crippen molar-refractivity contribution in [1.29, 1.82) is 5.26 Å². The number of nitriles is 1. The molecular formula is C14H26N2. The van der Waals surface area contributed by atoms with Crippen LogP contribution in [0.3, 0.4) is 0 Å².